The highest BCUT2D eigenvalue weighted by Crippen LogP contribution is 2.46. The van der Waals surface area contributed by atoms with Crippen LogP contribution in [0.3, 0.4) is 0 Å². The van der Waals surface area contributed by atoms with Crippen molar-refractivity contribution < 1.29 is 4.79 Å². The zero-order valence-electron chi connectivity index (χ0n) is 12.4. The zero-order chi connectivity index (χ0) is 14.3. The number of carbonyl (C=O) groups is 1. The van der Waals surface area contributed by atoms with Crippen LogP contribution < -0.4 is 5.32 Å². The molecule has 1 aromatic heterocycles. The molecule has 1 saturated heterocycles. The van der Waals surface area contributed by atoms with Crippen LogP contribution in [0.1, 0.15) is 37.7 Å². The Hall–Kier alpha value is -0.910. The number of carbonyl (C=O) groups excluding carboxylic acids is 1. The van der Waals surface area contributed by atoms with Crippen molar-refractivity contribution in [3.63, 3.8) is 0 Å². The molecule has 20 heavy (non-hydrogen) atoms. The molecule has 1 saturated carbocycles. The molecule has 2 heterocycles. The topological polar surface area (TPSA) is 35.6 Å². The fourth-order valence-corrected chi connectivity index (χ4v) is 3.49. The molecule has 0 bridgehead atoms. The number of likely N-dealkylation sites (N-methyl/N-ethyl adjacent to an activating group) is 1. The van der Waals surface area contributed by atoms with Crippen molar-refractivity contribution in [1.29, 1.82) is 0 Å². The van der Waals surface area contributed by atoms with Crippen molar-refractivity contribution in [3.8, 4) is 0 Å². The maximum atomic E-state index is 12.6. The van der Waals surface area contributed by atoms with Crippen LogP contribution in [0.2, 0.25) is 0 Å². The number of rotatable bonds is 5. The molecule has 4 nitrogen and oxygen atoms in total. The van der Waals surface area contributed by atoms with Crippen LogP contribution in [-0.4, -0.2) is 47.4 Å². The van der Waals surface area contributed by atoms with Crippen LogP contribution in [0.5, 0.6) is 0 Å². The van der Waals surface area contributed by atoms with Crippen molar-refractivity contribution in [1.82, 2.24) is 15.1 Å². The van der Waals surface area contributed by atoms with Crippen LogP contribution >= 0.6 is 11.3 Å². The average Bonchev–Trinajstić information content (AvgIpc) is 2.90. The fraction of sp³-hybridized carbons (Fsp3) is 0.667. The largest absolute Gasteiger partial charge is 0.319 e. The van der Waals surface area contributed by atoms with Gasteiger partial charge in [0.15, 0.2) is 0 Å². The summed E-state index contributed by atoms with van der Waals surface area (Å²) in [5.41, 5.74) is -0.231. The van der Waals surface area contributed by atoms with Gasteiger partial charge in [0, 0.05) is 24.0 Å². The molecule has 3 rings (SSSR count). The first-order valence-electron chi connectivity index (χ1n) is 7.36. The molecule has 1 aliphatic carbocycles. The first-order chi connectivity index (χ1) is 9.53. The van der Waals surface area contributed by atoms with Gasteiger partial charge in [-0.05, 0) is 45.2 Å². The summed E-state index contributed by atoms with van der Waals surface area (Å²) in [6.45, 7) is 6.08. The smallest absolute Gasteiger partial charge is 0.244 e. The van der Waals surface area contributed by atoms with Crippen LogP contribution in [0, 0.1) is 0 Å². The van der Waals surface area contributed by atoms with Gasteiger partial charge in [-0.25, -0.2) is 0 Å². The highest BCUT2D eigenvalue weighted by molar-refractivity contribution is 7.10. The third-order valence-electron chi connectivity index (χ3n) is 4.53. The number of hydrogen-bond donors (Lipinski definition) is 1. The predicted molar refractivity (Wildman–Crippen MR) is 81.6 cm³/mol. The maximum absolute atomic E-state index is 12.6. The quantitative estimate of drug-likeness (QED) is 0.902. The van der Waals surface area contributed by atoms with Crippen molar-refractivity contribution in [2.24, 2.45) is 0 Å². The van der Waals surface area contributed by atoms with Gasteiger partial charge in [0.1, 0.15) is 11.7 Å². The SMILES string of the molecule is CC(C)N(C)CCN1C(=O)C2(CC2)NC1c1cccs1. The minimum atomic E-state index is -0.231. The third kappa shape index (κ3) is 2.38. The molecule has 5 heteroatoms. The lowest BCUT2D eigenvalue weighted by Gasteiger charge is -2.27. The molecular formula is C15H23N3OS. The van der Waals surface area contributed by atoms with Crippen molar-refractivity contribution in [2.75, 3.05) is 20.1 Å². The van der Waals surface area contributed by atoms with Crippen molar-refractivity contribution >= 4 is 17.2 Å². The summed E-state index contributed by atoms with van der Waals surface area (Å²) in [6, 6.07) is 4.69. The Labute approximate surface area is 124 Å². The van der Waals surface area contributed by atoms with Gasteiger partial charge < -0.3 is 9.80 Å². The molecule has 0 radical (unpaired) electrons. The molecule has 1 N–H and O–H groups in total. The highest BCUT2D eigenvalue weighted by atomic mass is 32.1. The minimum Gasteiger partial charge on any atom is -0.319 e. The second-order valence-electron chi connectivity index (χ2n) is 6.22. The lowest BCUT2D eigenvalue weighted by atomic mass is 10.2. The monoisotopic (exact) mass is 293 g/mol. The molecule has 1 aromatic rings. The van der Waals surface area contributed by atoms with Gasteiger partial charge in [-0.1, -0.05) is 6.07 Å². The average molecular weight is 293 g/mol. The van der Waals surface area contributed by atoms with Gasteiger partial charge >= 0.3 is 0 Å². The van der Waals surface area contributed by atoms with Gasteiger partial charge in [-0.15, -0.1) is 11.3 Å². The van der Waals surface area contributed by atoms with Crippen molar-refractivity contribution in [2.45, 2.75) is 44.4 Å². The van der Waals surface area contributed by atoms with E-state index in [1.54, 1.807) is 11.3 Å². The van der Waals surface area contributed by atoms with Crippen molar-refractivity contribution in [3.05, 3.63) is 22.4 Å². The van der Waals surface area contributed by atoms with Gasteiger partial charge in [0.05, 0.1) is 0 Å². The van der Waals surface area contributed by atoms with Gasteiger partial charge in [-0.2, -0.15) is 0 Å². The summed E-state index contributed by atoms with van der Waals surface area (Å²) < 4.78 is 0. The van der Waals surface area contributed by atoms with E-state index in [1.807, 2.05) is 4.90 Å². The number of amides is 1. The maximum Gasteiger partial charge on any atom is 0.244 e. The van der Waals surface area contributed by atoms with Gasteiger partial charge in [0.2, 0.25) is 5.91 Å². The molecule has 2 aliphatic rings. The summed E-state index contributed by atoms with van der Waals surface area (Å²) in [6.07, 6.45) is 2.06. The lowest BCUT2D eigenvalue weighted by molar-refractivity contribution is -0.131. The minimum absolute atomic E-state index is 0.0746. The number of nitrogens with zero attached hydrogens (tertiary/aromatic N) is 2. The summed E-state index contributed by atoms with van der Waals surface area (Å²) in [7, 11) is 2.12. The lowest BCUT2D eigenvalue weighted by Crippen LogP contribution is -2.39. The Morgan fingerprint density at radius 1 is 1.55 bits per heavy atom. The number of hydrogen-bond acceptors (Lipinski definition) is 4. The molecule has 1 amide bonds. The Morgan fingerprint density at radius 2 is 2.30 bits per heavy atom. The second kappa shape index (κ2) is 5.13. The Kier molecular flexibility index (Phi) is 3.60. The summed E-state index contributed by atoms with van der Waals surface area (Å²) in [5, 5.41) is 5.65. The third-order valence-corrected chi connectivity index (χ3v) is 5.46. The molecule has 0 aromatic carbocycles. The first kappa shape index (κ1) is 14.0. The fourth-order valence-electron chi connectivity index (χ4n) is 2.70. The molecular weight excluding hydrogens is 270 g/mol. The van der Waals surface area contributed by atoms with E-state index in [9.17, 15) is 4.79 Å². The predicted octanol–water partition coefficient (Wildman–Crippen LogP) is 2.05. The van der Waals surface area contributed by atoms with Gasteiger partial charge in [-0.3, -0.25) is 10.1 Å². The van der Waals surface area contributed by atoms with E-state index in [2.05, 4.69) is 48.6 Å². The Balaban J connectivity index is 1.73. The van der Waals surface area contributed by atoms with Crippen LogP contribution in [0.15, 0.2) is 17.5 Å². The van der Waals surface area contributed by atoms with E-state index in [0.717, 1.165) is 25.9 Å². The summed E-state index contributed by atoms with van der Waals surface area (Å²) in [4.78, 5) is 18.2. The molecule has 1 aliphatic heterocycles. The molecule has 110 valence electrons. The second-order valence-corrected chi connectivity index (χ2v) is 7.20. The van der Waals surface area contributed by atoms with Crippen LogP contribution in [-0.2, 0) is 4.79 Å². The standard InChI is InChI=1S/C15H23N3OS/c1-11(2)17(3)8-9-18-13(12-5-4-10-20-12)16-15(6-7-15)14(18)19/h4-5,10-11,13,16H,6-9H2,1-3H3. The summed E-state index contributed by atoms with van der Waals surface area (Å²) >= 11 is 1.73. The molecule has 1 spiro atoms. The van der Waals surface area contributed by atoms with Crippen LogP contribution in [0.4, 0.5) is 0 Å². The Bertz CT molecular complexity index is 481. The van der Waals surface area contributed by atoms with Gasteiger partial charge in [0.25, 0.3) is 0 Å². The van der Waals surface area contributed by atoms with E-state index in [-0.39, 0.29) is 11.7 Å². The zero-order valence-corrected chi connectivity index (χ0v) is 13.2. The molecule has 1 atom stereocenters. The number of thiophene rings is 1. The molecule has 1 unspecified atom stereocenters. The van der Waals surface area contributed by atoms with E-state index in [1.165, 1.54) is 4.88 Å². The molecule has 2 fully saturated rings. The summed E-state index contributed by atoms with van der Waals surface area (Å²) in [5.74, 6) is 0.299. The first-order valence-corrected chi connectivity index (χ1v) is 8.24. The van der Waals surface area contributed by atoms with E-state index < -0.39 is 0 Å². The van der Waals surface area contributed by atoms with Crippen LogP contribution in [0.25, 0.3) is 0 Å². The van der Waals surface area contributed by atoms with E-state index >= 15 is 0 Å². The number of nitrogens with one attached hydrogen (secondary N) is 1. The van der Waals surface area contributed by atoms with E-state index in [4.69, 9.17) is 0 Å². The Morgan fingerprint density at radius 3 is 2.85 bits per heavy atom. The highest BCUT2D eigenvalue weighted by Gasteiger charge is 2.59. The normalized spacial score (nSPS) is 24.4. The van der Waals surface area contributed by atoms with E-state index in [0.29, 0.717) is 11.9 Å².